The number of amides is 2. The number of hydrogen-bond acceptors (Lipinski definition) is 11. The lowest BCUT2D eigenvalue weighted by molar-refractivity contribution is 0.0727. The summed E-state index contributed by atoms with van der Waals surface area (Å²) < 4.78 is 35.4. The van der Waals surface area contributed by atoms with Crippen LogP contribution in [0.5, 0.6) is 0 Å². The molecule has 0 aliphatic carbocycles. The van der Waals surface area contributed by atoms with Gasteiger partial charge in [-0.2, -0.15) is 0 Å². The van der Waals surface area contributed by atoms with Crippen LogP contribution in [-0.2, 0) is 32.5 Å². The fourth-order valence-electron chi connectivity index (χ4n) is 3.59. The molecule has 2 N–H and O–H groups in total. The van der Waals surface area contributed by atoms with Crippen molar-refractivity contribution >= 4 is 41.1 Å². The molecule has 0 aromatic rings. The van der Waals surface area contributed by atoms with E-state index < -0.39 is 53.3 Å². The maximum absolute atomic E-state index is 11.8. The van der Waals surface area contributed by atoms with Crippen LogP contribution in [0.4, 0.5) is 19.2 Å². The normalized spacial score (nSPS) is 19.8. The van der Waals surface area contributed by atoms with E-state index in [2.05, 4.69) is 46.3 Å². The number of rotatable bonds is 14. The van der Waals surface area contributed by atoms with Crippen molar-refractivity contribution in [3.63, 3.8) is 0 Å². The van der Waals surface area contributed by atoms with Crippen LogP contribution in [0.25, 0.3) is 0 Å². The Balaban J connectivity index is 1.52. The molecule has 0 aromatic carbocycles. The van der Waals surface area contributed by atoms with Crippen molar-refractivity contribution < 1.29 is 51.7 Å². The van der Waals surface area contributed by atoms with Gasteiger partial charge >= 0.3 is 24.5 Å². The fourth-order valence-corrected chi connectivity index (χ4v) is 12.4. The Morgan fingerprint density at radius 2 is 1.20 bits per heavy atom. The van der Waals surface area contributed by atoms with Crippen LogP contribution in [0.2, 0.25) is 38.3 Å². The van der Waals surface area contributed by atoms with Crippen LogP contribution < -0.4 is 10.6 Å². The second kappa shape index (κ2) is 13.5. The fraction of sp³-hybridized carbons (Fsp3) is 0.800. The van der Waals surface area contributed by atoms with Gasteiger partial charge in [0.05, 0.1) is 0 Å². The van der Waals surface area contributed by atoms with Crippen molar-refractivity contribution in [1.29, 1.82) is 0 Å². The lowest BCUT2D eigenvalue weighted by Gasteiger charge is -2.34. The first-order chi connectivity index (χ1) is 16.4. The van der Waals surface area contributed by atoms with Gasteiger partial charge in [-0.05, 0) is 51.1 Å². The van der Waals surface area contributed by atoms with Crippen LogP contribution in [0.15, 0.2) is 0 Å². The quantitative estimate of drug-likeness (QED) is 0.146. The first-order valence-corrected chi connectivity index (χ1v) is 17.9. The largest absolute Gasteiger partial charge is 0.508 e. The molecular weight excluding hydrogens is 500 g/mol. The van der Waals surface area contributed by atoms with Crippen LogP contribution in [0.3, 0.4) is 0 Å². The summed E-state index contributed by atoms with van der Waals surface area (Å²) in [4.78, 5) is 45.2. The van der Waals surface area contributed by atoms with E-state index >= 15 is 0 Å². The minimum absolute atomic E-state index is 0.0435. The van der Waals surface area contributed by atoms with E-state index in [0.717, 1.165) is 24.9 Å². The number of ether oxygens (including phenoxy) is 6. The zero-order valence-electron chi connectivity index (χ0n) is 20.7. The molecule has 0 bridgehead atoms. The number of nitrogens with one attached hydrogen (secondary N) is 2. The molecule has 15 heteroatoms. The topological polar surface area (TPSA) is 157 Å². The Labute approximate surface area is 206 Å². The Hall–Kier alpha value is -2.53. The Morgan fingerprint density at radius 1 is 0.800 bits per heavy atom. The van der Waals surface area contributed by atoms with E-state index in [9.17, 15) is 19.2 Å². The third kappa shape index (κ3) is 12.1. The minimum atomic E-state index is -1.94. The van der Waals surface area contributed by atoms with Crippen LogP contribution in [-0.4, -0.2) is 92.9 Å². The number of carbonyl (C=O) groups is 4. The highest BCUT2D eigenvalue weighted by molar-refractivity contribution is 6.84. The molecule has 2 saturated heterocycles. The number of hydrogen-bond donors (Lipinski definition) is 2. The highest BCUT2D eigenvalue weighted by Crippen LogP contribution is 2.23. The van der Waals surface area contributed by atoms with Crippen LogP contribution >= 0.6 is 0 Å². The molecule has 0 aromatic heterocycles. The average Bonchev–Trinajstić information content (AvgIpc) is 3.38. The van der Waals surface area contributed by atoms with E-state index in [1.807, 2.05) is 0 Å². The molecule has 200 valence electrons. The second-order valence-corrected chi connectivity index (χ2v) is 18.3. The monoisotopic (exact) mass is 536 g/mol. The summed E-state index contributed by atoms with van der Waals surface area (Å²) in [6.07, 6.45) is -2.24. The summed E-state index contributed by atoms with van der Waals surface area (Å²) in [6, 6.07) is 1.75. The lowest BCUT2D eigenvalue weighted by atomic mass is 10.4. The Morgan fingerprint density at radius 3 is 1.54 bits per heavy atom. The number of carbonyl (C=O) groups excluding carboxylic acids is 4. The Kier molecular flexibility index (Phi) is 11.1. The average molecular weight is 537 g/mol. The zero-order chi connectivity index (χ0) is 25.9. The van der Waals surface area contributed by atoms with Gasteiger partial charge < -0.3 is 43.2 Å². The van der Waals surface area contributed by atoms with Crippen molar-refractivity contribution in [2.75, 3.05) is 39.5 Å². The summed E-state index contributed by atoms with van der Waals surface area (Å²) in [6.45, 7) is 9.62. The molecule has 2 aliphatic rings. The van der Waals surface area contributed by atoms with Crippen molar-refractivity contribution in [1.82, 2.24) is 10.6 Å². The van der Waals surface area contributed by atoms with E-state index in [0.29, 0.717) is 13.1 Å². The number of cyclic esters (lactones) is 4. The summed E-state index contributed by atoms with van der Waals surface area (Å²) in [5.74, 6) is 0. The molecule has 2 rings (SSSR count). The van der Waals surface area contributed by atoms with Gasteiger partial charge in [0, 0.05) is 13.1 Å². The molecule has 35 heavy (non-hydrogen) atoms. The van der Waals surface area contributed by atoms with Gasteiger partial charge in [-0.25, -0.2) is 19.2 Å². The van der Waals surface area contributed by atoms with Gasteiger partial charge in [-0.3, -0.25) is 0 Å². The lowest BCUT2D eigenvalue weighted by Crippen LogP contribution is -2.45. The third-order valence-corrected chi connectivity index (χ3v) is 12.6. The van der Waals surface area contributed by atoms with Gasteiger partial charge in [0.15, 0.2) is 28.8 Å². The molecule has 2 amide bonds. The molecule has 2 aliphatic heterocycles. The summed E-state index contributed by atoms with van der Waals surface area (Å²) in [7, 11) is -3.89. The zero-order valence-corrected chi connectivity index (χ0v) is 22.7. The second-order valence-electron chi connectivity index (χ2n) is 9.48. The van der Waals surface area contributed by atoms with E-state index in [1.165, 1.54) is 0 Å². The van der Waals surface area contributed by atoms with Crippen molar-refractivity contribution in [3.8, 4) is 0 Å². The summed E-state index contributed by atoms with van der Waals surface area (Å²) in [5.41, 5.74) is 0. The maximum Gasteiger partial charge on any atom is 0.508 e. The molecule has 0 spiro atoms. The highest BCUT2D eigenvalue weighted by Gasteiger charge is 2.32. The SMILES string of the molecule is C[Si](C)(CCCNC(=O)OCC1COC(=O)O1)O[Si](C)(C)CCCNC(=O)OCC1COC(=O)O1. The molecule has 2 fully saturated rings. The first-order valence-electron chi connectivity index (χ1n) is 11.6. The predicted molar refractivity (Wildman–Crippen MR) is 126 cm³/mol. The molecule has 2 atom stereocenters. The van der Waals surface area contributed by atoms with Crippen LogP contribution in [0, 0.1) is 0 Å². The van der Waals surface area contributed by atoms with E-state index in [4.69, 9.17) is 23.1 Å². The Bertz CT molecular complexity index is 691. The van der Waals surface area contributed by atoms with Gasteiger partial charge in [0.1, 0.15) is 26.4 Å². The van der Waals surface area contributed by atoms with Crippen LogP contribution in [0.1, 0.15) is 12.8 Å². The molecule has 13 nitrogen and oxygen atoms in total. The van der Waals surface area contributed by atoms with Gasteiger partial charge in [0.2, 0.25) is 0 Å². The predicted octanol–water partition coefficient (Wildman–Crippen LogP) is 2.72. The van der Waals surface area contributed by atoms with Crippen molar-refractivity contribution in [2.24, 2.45) is 0 Å². The maximum atomic E-state index is 11.8. The first kappa shape index (κ1) is 28.7. The third-order valence-electron chi connectivity index (χ3n) is 5.10. The smallest absolute Gasteiger partial charge is 0.455 e. The molecule has 0 radical (unpaired) electrons. The van der Waals surface area contributed by atoms with E-state index in [-0.39, 0.29) is 26.4 Å². The molecule has 2 heterocycles. The van der Waals surface area contributed by atoms with Crippen molar-refractivity contribution in [3.05, 3.63) is 0 Å². The van der Waals surface area contributed by atoms with E-state index in [1.54, 1.807) is 0 Å². The molecule has 2 unspecified atom stereocenters. The van der Waals surface area contributed by atoms with Gasteiger partial charge in [-0.1, -0.05) is 0 Å². The van der Waals surface area contributed by atoms with Crippen molar-refractivity contribution in [2.45, 2.75) is 63.3 Å². The van der Waals surface area contributed by atoms with Gasteiger partial charge in [-0.15, -0.1) is 0 Å². The molecule has 0 saturated carbocycles. The van der Waals surface area contributed by atoms with Gasteiger partial charge in [0.25, 0.3) is 0 Å². The standard InChI is InChI=1S/C20H36N2O11Si2/c1-34(2,9-5-7-21-17(23)27-11-15-13-29-19(25)31-15)33-35(3,4)10-6-8-22-18(24)28-12-16-14-30-20(26)32-16/h15-16H,5-14H2,1-4H3,(H,21,23)(H,22,24). The number of alkyl carbamates (subject to hydrolysis) is 2. The summed E-state index contributed by atoms with van der Waals surface area (Å²) in [5, 5.41) is 5.38. The molecular formula is C20H36N2O11Si2. The minimum Gasteiger partial charge on any atom is -0.455 e. The highest BCUT2D eigenvalue weighted by atomic mass is 28.4. The summed E-state index contributed by atoms with van der Waals surface area (Å²) >= 11 is 0.